The molecule has 0 atom stereocenters. The van der Waals surface area contributed by atoms with E-state index in [0.717, 1.165) is 6.42 Å². The van der Waals surface area contributed by atoms with E-state index in [2.05, 4.69) is 11.9 Å². The Balaban J connectivity index is 2.28. The molecule has 0 fully saturated rings. The molecule has 0 unspecified atom stereocenters. The summed E-state index contributed by atoms with van der Waals surface area (Å²) < 4.78 is 5.32. The number of ether oxygens (including phenoxy) is 1. The number of carbonyl (C=O) groups is 1. The van der Waals surface area contributed by atoms with Crippen LogP contribution in [0.25, 0.3) is 0 Å². The van der Waals surface area contributed by atoms with Gasteiger partial charge in [-0.05, 0) is 25.0 Å². The number of para-hydroxylation sites is 1. The summed E-state index contributed by atoms with van der Waals surface area (Å²) in [7, 11) is 0. The molecule has 19 heavy (non-hydrogen) atoms. The highest BCUT2D eigenvalue weighted by Crippen LogP contribution is 2.13. The first-order valence-electron chi connectivity index (χ1n) is 6.25. The number of amides is 1. The fraction of sp³-hybridized carbons (Fsp3) is 0.333. The topological polar surface area (TPSA) is 62.1 Å². The van der Waals surface area contributed by atoms with Crippen LogP contribution in [0.3, 0.4) is 0 Å². The molecule has 0 aliphatic heterocycles. The number of hydrogen-bond donors (Lipinski definition) is 1. The van der Waals surface area contributed by atoms with Gasteiger partial charge in [0.05, 0.1) is 11.3 Å². The summed E-state index contributed by atoms with van der Waals surface area (Å²) in [6, 6.07) is 8.99. The summed E-state index contributed by atoms with van der Waals surface area (Å²) in [5.41, 5.74) is 1.03. The van der Waals surface area contributed by atoms with Crippen molar-refractivity contribution in [1.82, 2.24) is 0 Å². The van der Waals surface area contributed by atoms with Crippen LogP contribution in [0.1, 0.15) is 24.8 Å². The monoisotopic (exact) mass is 258 g/mol. The van der Waals surface area contributed by atoms with Gasteiger partial charge < -0.3 is 10.1 Å². The molecule has 1 amide bonds. The van der Waals surface area contributed by atoms with Gasteiger partial charge in [-0.25, -0.2) is 0 Å². The highest BCUT2D eigenvalue weighted by molar-refractivity contribution is 5.92. The quantitative estimate of drug-likeness (QED) is 0.576. The van der Waals surface area contributed by atoms with Crippen molar-refractivity contribution < 1.29 is 9.53 Å². The molecule has 0 aliphatic carbocycles. The summed E-state index contributed by atoms with van der Waals surface area (Å²) in [6.07, 6.45) is 3.67. The Bertz CT molecular complexity index is 463. The second-order valence-electron chi connectivity index (χ2n) is 4.00. The molecule has 0 saturated carbocycles. The smallest absolute Gasteiger partial charge is 0.224 e. The molecule has 1 rings (SSSR count). The second kappa shape index (κ2) is 8.90. The van der Waals surface area contributed by atoms with E-state index in [-0.39, 0.29) is 5.91 Å². The number of nitrogens with one attached hydrogen (secondary N) is 1. The van der Waals surface area contributed by atoms with Crippen LogP contribution in [-0.4, -0.2) is 19.1 Å². The normalized spacial score (nSPS) is 9.63. The van der Waals surface area contributed by atoms with Crippen LogP contribution >= 0.6 is 0 Å². The lowest BCUT2D eigenvalue weighted by molar-refractivity contribution is -0.116. The summed E-state index contributed by atoms with van der Waals surface area (Å²) in [5, 5.41) is 11.6. The molecule has 0 saturated heterocycles. The van der Waals surface area contributed by atoms with Gasteiger partial charge in [-0.15, -0.1) is 6.58 Å². The molecular weight excluding hydrogens is 240 g/mol. The van der Waals surface area contributed by atoms with Crippen molar-refractivity contribution in [3.8, 4) is 6.07 Å². The van der Waals surface area contributed by atoms with E-state index in [4.69, 9.17) is 10.00 Å². The Morgan fingerprint density at radius 1 is 1.42 bits per heavy atom. The first kappa shape index (κ1) is 14.9. The third kappa shape index (κ3) is 5.84. The maximum Gasteiger partial charge on any atom is 0.224 e. The highest BCUT2D eigenvalue weighted by atomic mass is 16.5. The Hall–Kier alpha value is -2.12. The molecule has 4 nitrogen and oxygen atoms in total. The van der Waals surface area contributed by atoms with Crippen molar-refractivity contribution in [2.24, 2.45) is 0 Å². The van der Waals surface area contributed by atoms with Gasteiger partial charge in [-0.2, -0.15) is 5.26 Å². The Morgan fingerprint density at radius 2 is 2.21 bits per heavy atom. The van der Waals surface area contributed by atoms with Crippen LogP contribution in [0.2, 0.25) is 0 Å². The zero-order valence-electron chi connectivity index (χ0n) is 10.9. The summed E-state index contributed by atoms with van der Waals surface area (Å²) in [6.45, 7) is 4.80. The number of nitrogens with zero attached hydrogens (tertiary/aromatic N) is 1. The number of carbonyl (C=O) groups excluding carboxylic acids is 1. The maximum atomic E-state index is 11.7. The van der Waals surface area contributed by atoms with Crippen molar-refractivity contribution in [3.63, 3.8) is 0 Å². The molecule has 1 aromatic carbocycles. The summed E-state index contributed by atoms with van der Waals surface area (Å²) in [4.78, 5) is 11.7. The number of anilines is 1. The fourth-order valence-electron chi connectivity index (χ4n) is 1.51. The van der Waals surface area contributed by atoms with Gasteiger partial charge in [0.2, 0.25) is 5.91 Å². The molecule has 0 radical (unpaired) electrons. The van der Waals surface area contributed by atoms with E-state index in [1.165, 1.54) is 0 Å². The molecule has 0 bridgehead atoms. The van der Waals surface area contributed by atoms with Crippen LogP contribution in [0.4, 0.5) is 5.69 Å². The Labute approximate surface area is 113 Å². The highest BCUT2D eigenvalue weighted by Gasteiger charge is 2.05. The van der Waals surface area contributed by atoms with E-state index in [1.807, 2.05) is 6.07 Å². The maximum absolute atomic E-state index is 11.7. The lowest BCUT2D eigenvalue weighted by atomic mass is 10.2. The van der Waals surface area contributed by atoms with Crippen molar-refractivity contribution in [1.29, 1.82) is 5.26 Å². The average Bonchev–Trinajstić information content (AvgIpc) is 2.43. The minimum Gasteiger partial charge on any atom is -0.381 e. The van der Waals surface area contributed by atoms with Crippen LogP contribution in [0.5, 0.6) is 0 Å². The van der Waals surface area contributed by atoms with E-state index >= 15 is 0 Å². The lowest BCUT2D eigenvalue weighted by Crippen LogP contribution is -2.13. The van der Waals surface area contributed by atoms with E-state index in [9.17, 15) is 4.79 Å². The van der Waals surface area contributed by atoms with Crippen LogP contribution in [0, 0.1) is 11.3 Å². The van der Waals surface area contributed by atoms with Gasteiger partial charge in [0.25, 0.3) is 0 Å². The van der Waals surface area contributed by atoms with Gasteiger partial charge in [0.1, 0.15) is 6.07 Å². The minimum atomic E-state index is -0.102. The SMILES string of the molecule is C=CCCOCCCC(=O)Nc1ccccc1C#N. The van der Waals surface area contributed by atoms with Crippen LogP contribution in [0.15, 0.2) is 36.9 Å². The minimum absolute atomic E-state index is 0.102. The van der Waals surface area contributed by atoms with Gasteiger partial charge in [-0.3, -0.25) is 4.79 Å². The van der Waals surface area contributed by atoms with Crippen LogP contribution in [-0.2, 0) is 9.53 Å². The van der Waals surface area contributed by atoms with Crippen LogP contribution < -0.4 is 5.32 Å². The second-order valence-corrected chi connectivity index (χ2v) is 4.00. The first-order chi connectivity index (χ1) is 9.27. The molecule has 1 N–H and O–H groups in total. The van der Waals surface area contributed by atoms with E-state index in [1.54, 1.807) is 30.3 Å². The van der Waals surface area contributed by atoms with Crippen molar-refractivity contribution in [2.45, 2.75) is 19.3 Å². The third-order valence-corrected chi connectivity index (χ3v) is 2.48. The van der Waals surface area contributed by atoms with Gasteiger partial charge >= 0.3 is 0 Å². The third-order valence-electron chi connectivity index (χ3n) is 2.48. The van der Waals surface area contributed by atoms with Crippen molar-refractivity contribution in [2.75, 3.05) is 18.5 Å². The summed E-state index contributed by atoms with van der Waals surface area (Å²) in [5.74, 6) is -0.102. The van der Waals surface area contributed by atoms with Gasteiger partial charge in [0, 0.05) is 19.6 Å². The average molecular weight is 258 g/mol. The van der Waals surface area contributed by atoms with Crippen molar-refractivity contribution in [3.05, 3.63) is 42.5 Å². The number of hydrogen-bond acceptors (Lipinski definition) is 3. The molecule has 4 heteroatoms. The Kier molecular flexibility index (Phi) is 7.00. The van der Waals surface area contributed by atoms with Gasteiger partial charge in [-0.1, -0.05) is 18.2 Å². The standard InChI is InChI=1S/C15H18N2O2/c1-2-3-10-19-11-6-9-15(18)17-14-8-5-4-7-13(14)12-16/h2,4-5,7-8H,1,3,6,9-11H2,(H,17,18). The molecular formula is C15H18N2O2. The van der Waals surface area contributed by atoms with Crippen molar-refractivity contribution >= 4 is 11.6 Å². The molecule has 0 heterocycles. The zero-order valence-corrected chi connectivity index (χ0v) is 10.9. The number of rotatable bonds is 8. The largest absolute Gasteiger partial charge is 0.381 e. The first-order valence-corrected chi connectivity index (χ1v) is 6.25. The van der Waals surface area contributed by atoms with E-state index < -0.39 is 0 Å². The predicted molar refractivity (Wildman–Crippen MR) is 74.7 cm³/mol. The molecule has 0 spiro atoms. The predicted octanol–water partition coefficient (Wildman–Crippen LogP) is 2.87. The molecule has 0 aromatic heterocycles. The van der Waals surface area contributed by atoms with E-state index in [0.29, 0.717) is 37.3 Å². The fourth-order valence-corrected chi connectivity index (χ4v) is 1.51. The lowest BCUT2D eigenvalue weighted by Gasteiger charge is -2.06. The zero-order chi connectivity index (χ0) is 13.9. The molecule has 1 aromatic rings. The summed E-state index contributed by atoms with van der Waals surface area (Å²) >= 11 is 0. The molecule has 100 valence electrons. The number of benzene rings is 1. The van der Waals surface area contributed by atoms with Gasteiger partial charge in [0.15, 0.2) is 0 Å². The number of nitriles is 1. The molecule has 0 aliphatic rings. The Morgan fingerprint density at radius 3 is 2.95 bits per heavy atom.